The van der Waals surface area contributed by atoms with E-state index < -0.39 is 9.49 Å². The maximum atomic E-state index is 14.0. The monoisotopic (exact) mass is 961 g/mol. The number of carbonyl (C=O) groups excluding carboxylic acids is 2. The highest BCUT2D eigenvalue weighted by atomic mass is 32.2. The van der Waals surface area contributed by atoms with Crippen LogP contribution in [0.15, 0.2) is 182 Å². The number of esters is 1. The predicted octanol–water partition coefficient (Wildman–Crippen LogP) is 14.9. The van der Waals surface area contributed by atoms with E-state index >= 15 is 0 Å². The Morgan fingerprint density at radius 3 is 1.10 bits per heavy atom. The number of carbonyl (C=O) groups is 2. The number of ether oxygens (including phenoxy) is 1. The van der Waals surface area contributed by atoms with Crippen molar-refractivity contribution in [3.63, 3.8) is 0 Å². The van der Waals surface area contributed by atoms with Gasteiger partial charge in [-0.2, -0.15) is 0 Å². The van der Waals surface area contributed by atoms with E-state index in [1.807, 2.05) is 30.4 Å². The topological polar surface area (TPSA) is 58.6 Å². The van der Waals surface area contributed by atoms with Crippen LogP contribution < -0.4 is 5.32 Å². The highest BCUT2D eigenvalue weighted by molar-refractivity contribution is 8.00. The van der Waals surface area contributed by atoms with Crippen molar-refractivity contribution < 1.29 is 14.3 Å². The van der Waals surface area contributed by atoms with E-state index in [9.17, 15) is 9.59 Å². The minimum Gasteiger partial charge on any atom is -0.466 e. The molecule has 0 bridgehead atoms. The molecule has 0 aromatic heterocycles. The number of nitrogens with one attached hydrogen (secondary N) is 1. The summed E-state index contributed by atoms with van der Waals surface area (Å²) in [6.45, 7) is 5.01. The Morgan fingerprint density at radius 2 is 0.754 bits per heavy atom. The summed E-state index contributed by atoms with van der Waals surface area (Å²) in [6.07, 6.45) is 16.4. The van der Waals surface area contributed by atoms with E-state index in [1.165, 1.54) is 97.6 Å². The van der Waals surface area contributed by atoms with Crippen molar-refractivity contribution in [1.29, 1.82) is 0 Å². The van der Waals surface area contributed by atoms with Crippen molar-refractivity contribution in [1.82, 2.24) is 10.2 Å². The van der Waals surface area contributed by atoms with Gasteiger partial charge in [-0.1, -0.05) is 253 Å². The Morgan fingerprint density at radius 1 is 0.435 bits per heavy atom. The molecule has 5 nitrogen and oxygen atoms in total. The highest BCUT2D eigenvalue weighted by Crippen LogP contribution is 2.49. The average Bonchev–Trinajstić information content (AvgIpc) is 3.40. The summed E-state index contributed by atoms with van der Waals surface area (Å²) in [5.41, 5.74) is 7.46. The second kappa shape index (κ2) is 30.5. The fraction of sp³-hybridized carbons (Fsp3) is 0.387. The van der Waals surface area contributed by atoms with Gasteiger partial charge in [-0.25, -0.2) is 0 Å². The van der Waals surface area contributed by atoms with Gasteiger partial charge in [-0.3, -0.25) is 14.5 Å². The van der Waals surface area contributed by atoms with Crippen molar-refractivity contribution >= 4 is 35.4 Å². The summed E-state index contributed by atoms with van der Waals surface area (Å²) < 4.78 is 4.22. The molecule has 0 saturated heterocycles. The molecule has 0 radical (unpaired) electrons. The number of unbranched alkanes of at least 4 members (excludes halogenated alkanes) is 12. The number of nitrogens with zero attached hydrogens (tertiary/aromatic N) is 1. The molecule has 69 heavy (non-hydrogen) atoms. The molecule has 0 saturated carbocycles. The number of benzene rings is 6. The zero-order chi connectivity index (χ0) is 48.1. The number of hydrogen-bond acceptors (Lipinski definition) is 6. The lowest BCUT2D eigenvalue weighted by Gasteiger charge is -2.36. The summed E-state index contributed by atoms with van der Waals surface area (Å²) in [5.74, 6) is 1.65. The molecule has 7 heteroatoms. The van der Waals surface area contributed by atoms with Gasteiger partial charge in [0.05, 0.1) is 22.6 Å². The normalized spacial score (nSPS) is 11.7. The van der Waals surface area contributed by atoms with Gasteiger partial charge in [0.25, 0.3) is 0 Å². The minimum absolute atomic E-state index is 0.0592. The fourth-order valence-corrected chi connectivity index (χ4v) is 12.6. The van der Waals surface area contributed by atoms with Crippen LogP contribution in [0.5, 0.6) is 0 Å². The van der Waals surface area contributed by atoms with Gasteiger partial charge in [-0.15, -0.1) is 23.5 Å². The second-order valence-corrected chi connectivity index (χ2v) is 20.7. The quantitative estimate of drug-likeness (QED) is 0.0252. The lowest BCUT2D eigenvalue weighted by Crippen LogP contribution is -2.40. The molecular formula is C62H76N2O3S2. The summed E-state index contributed by atoms with van der Waals surface area (Å²) in [6, 6.07) is 65.1. The molecule has 0 aliphatic carbocycles. The van der Waals surface area contributed by atoms with Crippen LogP contribution in [0.4, 0.5) is 0 Å². The van der Waals surface area contributed by atoms with Crippen LogP contribution in [0.25, 0.3) is 0 Å². The van der Waals surface area contributed by atoms with Crippen LogP contribution in [0, 0.1) is 0 Å². The first kappa shape index (κ1) is 53.3. The van der Waals surface area contributed by atoms with Gasteiger partial charge in [0, 0.05) is 31.0 Å². The van der Waals surface area contributed by atoms with Crippen LogP contribution in [0.2, 0.25) is 0 Å². The average molecular weight is 961 g/mol. The van der Waals surface area contributed by atoms with Crippen LogP contribution in [-0.2, 0) is 23.8 Å². The Kier molecular flexibility index (Phi) is 23.6. The molecule has 6 rings (SSSR count). The van der Waals surface area contributed by atoms with E-state index in [0.717, 1.165) is 43.9 Å². The van der Waals surface area contributed by atoms with Gasteiger partial charge in [0.2, 0.25) is 5.91 Å². The third-order valence-electron chi connectivity index (χ3n) is 13.1. The standard InChI is InChI=1S/C62H76N2O3S2/c1-2-67-60(66)46-32-12-10-8-6-4-3-5-7-9-11-13-33-48-64(49-51-69-62(56-40-26-17-27-41-56,57-42-28-18-29-43-57)58-44-30-19-31-45-58)52-59(65)63-47-50-68-61(53-34-20-14-21-35-53,54-36-22-15-23-37-54)55-38-24-16-25-39-55/h14-31,34-45H,2-13,32-33,46-52H2,1H3,(H,63,65). The maximum Gasteiger partial charge on any atom is 0.305 e. The molecule has 0 aliphatic rings. The van der Waals surface area contributed by atoms with Crippen LogP contribution >= 0.6 is 23.5 Å². The molecule has 6 aromatic carbocycles. The van der Waals surface area contributed by atoms with E-state index in [0.29, 0.717) is 26.1 Å². The van der Waals surface area contributed by atoms with Crippen molar-refractivity contribution in [2.75, 3.05) is 44.3 Å². The molecule has 6 aromatic rings. The van der Waals surface area contributed by atoms with E-state index in [2.05, 4.69) is 192 Å². The Labute approximate surface area is 423 Å². The van der Waals surface area contributed by atoms with Gasteiger partial charge in [0.15, 0.2) is 0 Å². The van der Waals surface area contributed by atoms with Crippen molar-refractivity contribution in [3.8, 4) is 0 Å². The molecule has 0 unspecified atom stereocenters. The van der Waals surface area contributed by atoms with Crippen molar-refractivity contribution in [2.24, 2.45) is 0 Å². The largest absolute Gasteiger partial charge is 0.466 e. The molecule has 0 fully saturated rings. The van der Waals surface area contributed by atoms with E-state index in [4.69, 9.17) is 4.74 Å². The van der Waals surface area contributed by atoms with E-state index in [-0.39, 0.29) is 11.9 Å². The molecule has 0 aliphatic heterocycles. The molecule has 1 N–H and O–H groups in total. The number of thioether (sulfide) groups is 2. The maximum absolute atomic E-state index is 14.0. The fourth-order valence-electron chi connectivity index (χ4n) is 9.57. The zero-order valence-corrected chi connectivity index (χ0v) is 42.8. The first-order chi connectivity index (χ1) is 34.1. The van der Waals surface area contributed by atoms with Gasteiger partial charge < -0.3 is 10.1 Å². The van der Waals surface area contributed by atoms with Gasteiger partial charge >= 0.3 is 5.97 Å². The summed E-state index contributed by atoms with van der Waals surface area (Å²) in [7, 11) is 0. The molecule has 364 valence electrons. The first-order valence-electron chi connectivity index (χ1n) is 25.8. The van der Waals surface area contributed by atoms with Crippen LogP contribution in [0.1, 0.15) is 130 Å². The Hall–Kier alpha value is -5.08. The summed E-state index contributed by atoms with van der Waals surface area (Å²) in [5, 5.41) is 3.36. The Balaban J connectivity index is 1.05. The predicted molar refractivity (Wildman–Crippen MR) is 294 cm³/mol. The Bertz CT molecular complexity index is 2090. The van der Waals surface area contributed by atoms with Crippen LogP contribution in [0.3, 0.4) is 0 Å². The molecule has 0 heterocycles. The van der Waals surface area contributed by atoms with E-state index in [1.54, 1.807) is 0 Å². The number of hydrogen-bond donors (Lipinski definition) is 1. The molecule has 0 atom stereocenters. The first-order valence-corrected chi connectivity index (χ1v) is 27.8. The number of rotatable bonds is 33. The van der Waals surface area contributed by atoms with Gasteiger partial charge in [0.1, 0.15) is 0 Å². The second-order valence-electron chi connectivity index (χ2n) is 18.0. The third kappa shape index (κ3) is 16.5. The lowest BCUT2D eigenvalue weighted by atomic mass is 9.84. The highest BCUT2D eigenvalue weighted by Gasteiger charge is 2.38. The van der Waals surface area contributed by atoms with Crippen molar-refractivity contribution in [2.45, 2.75) is 106 Å². The molecular weight excluding hydrogens is 885 g/mol. The summed E-state index contributed by atoms with van der Waals surface area (Å²) in [4.78, 5) is 28.0. The number of amides is 1. The summed E-state index contributed by atoms with van der Waals surface area (Å²) >= 11 is 3.86. The van der Waals surface area contributed by atoms with Crippen LogP contribution in [-0.4, -0.2) is 61.1 Å². The van der Waals surface area contributed by atoms with Gasteiger partial charge in [-0.05, 0) is 59.7 Å². The zero-order valence-electron chi connectivity index (χ0n) is 41.2. The lowest BCUT2D eigenvalue weighted by molar-refractivity contribution is -0.143. The SMILES string of the molecule is CCOC(=O)CCCCCCCCCCCCCCCN(CCSC(c1ccccc1)(c1ccccc1)c1ccccc1)CC(=O)NCCSC(c1ccccc1)(c1ccccc1)c1ccccc1. The third-order valence-corrected chi connectivity index (χ3v) is 16.2. The molecule has 1 amide bonds. The van der Waals surface area contributed by atoms with Crippen molar-refractivity contribution in [3.05, 3.63) is 215 Å². The smallest absolute Gasteiger partial charge is 0.305 e. The molecule has 0 spiro atoms. The minimum atomic E-state index is -0.422.